The number of carbonyl (C=O) groups is 2. The van der Waals surface area contributed by atoms with Crippen LogP contribution in [-0.2, 0) is 24.3 Å². The Labute approximate surface area is 209 Å². The van der Waals surface area contributed by atoms with Gasteiger partial charge in [-0.15, -0.1) is 0 Å². The molecule has 1 aromatic rings. The predicted molar refractivity (Wildman–Crippen MR) is 126 cm³/mol. The van der Waals surface area contributed by atoms with E-state index in [1.165, 1.54) is 4.31 Å². The summed E-state index contributed by atoms with van der Waals surface area (Å²) in [5.74, 6) is -2.75. The molecule has 2 fully saturated rings. The van der Waals surface area contributed by atoms with Crippen molar-refractivity contribution in [3.05, 3.63) is 28.8 Å². The average molecular weight is 538 g/mol. The third-order valence-electron chi connectivity index (χ3n) is 6.13. The fourth-order valence-electron chi connectivity index (χ4n) is 3.97. The van der Waals surface area contributed by atoms with Gasteiger partial charge in [0, 0.05) is 52.3 Å². The van der Waals surface area contributed by atoms with Gasteiger partial charge in [0.1, 0.15) is 0 Å². The summed E-state index contributed by atoms with van der Waals surface area (Å²) in [6.45, 7) is 9.79. The molecule has 0 aliphatic carbocycles. The number of hydrogen-bond donors (Lipinski definition) is 2. The molecule has 9 nitrogen and oxygen atoms in total. The summed E-state index contributed by atoms with van der Waals surface area (Å²) in [4.78, 5) is 23.7. The van der Waals surface area contributed by atoms with Gasteiger partial charge in [0.15, 0.2) is 0 Å². The molecule has 36 heavy (non-hydrogen) atoms. The van der Waals surface area contributed by atoms with Gasteiger partial charge >= 0.3 is 12.1 Å². The van der Waals surface area contributed by atoms with E-state index in [0.717, 1.165) is 42.6 Å². The fourth-order valence-corrected chi connectivity index (χ4v) is 5.73. The van der Waals surface area contributed by atoms with E-state index in [1.807, 2.05) is 31.7 Å². The number of nitrogens with one attached hydrogen (secondary N) is 1. The van der Waals surface area contributed by atoms with Crippen LogP contribution in [0.4, 0.5) is 13.2 Å². The number of carbonyl (C=O) groups excluding carboxylic acids is 1. The van der Waals surface area contributed by atoms with E-state index in [-0.39, 0.29) is 25.0 Å². The van der Waals surface area contributed by atoms with Gasteiger partial charge in [0.25, 0.3) is 0 Å². The van der Waals surface area contributed by atoms with Crippen LogP contribution in [0.25, 0.3) is 0 Å². The Balaban J connectivity index is 0.000000572. The number of ether oxygens (including phenoxy) is 1. The van der Waals surface area contributed by atoms with Crippen molar-refractivity contribution in [2.75, 3.05) is 45.9 Å². The monoisotopic (exact) mass is 537 g/mol. The third-order valence-corrected chi connectivity index (χ3v) is 8.13. The topological polar surface area (TPSA) is 116 Å². The number of alkyl halides is 3. The molecule has 0 spiro atoms. The minimum Gasteiger partial charge on any atom is -0.475 e. The Bertz CT molecular complexity index is 1020. The Morgan fingerprint density at radius 3 is 2.25 bits per heavy atom. The number of aliphatic carboxylic acids is 1. The molecule has 2 aliphatic heterocycles. The van der Waals surface area contributed by atoms with E-state index < -0.39 is 22.2 Å². The van der Waals surface area contributed by atoms with Crippen molar-refractivity contribution in [1.29, 1.82) is 0 Å². The summed E-state index contributed by atoms with van der Waals surface area (Å²) < 4.78 is 66.0. The molecule has 0 saturated carbocycles. The molecule has 0 radical (unpaired) electrons. The van der Waals surface area contributed by atoms with Crippen LogP contribution >= 0.6 is 0 Å². The van der Waals surface area contributed by atoms with E-state index in [2.05, 4.69) is 5.32 Å². The second-order valence-electron chi connectivity index (χ2n) is 8.88. The van der Waals surface area contributed by atoms with Crippen LogP contribution in [0.5, 0.6) is 0 Å². The SMILES string of the molecule is Cc1cc(C)c(S(=O)(=O)N(CCC(=O)N2CCNCC2)CC2CCCO2)cc1C.O=C(O)C(F)(F)F. The van der Waals surface area contributed by atoms with Crippen LogP contribution in [0.3, 0.4) is 0 Å². The zero-order valence-corrected chi connectivity index (χ0v) is 21.5. The van der Waals surface area contributed by atoms with Crippen LogP contribution in [-0.4, -0.2) is 92.8 Å². The molecule has 2 heterocycles. The van der Waals surface area contributed by atoms with Gasteiger partial charge in [-0.25, -0.2) is 13.2 Å². The standard InChI is InChI=1S/C21H33N3O4S.C2HF3O2/c1-16-13-18(3)20(14-17(16)2)29(26,27)24(15-19-5-4-12-28-19)9-6-21(25)23-10-7-22-8-11-23;3-2(4,5)1(6)7/h13-14,19,22H,4-12,15H2,1-3H3;(H,6,7). The highest BCUT2D eigenvalue weighted by atomic mass is 32.2. The second kappa shape index (κ2) is 12.8. The zero-order valence-electron chi connectivity index (χ0n) is 20.7. The molecule has 1 amide bonds. The quantitative estimate of drug-likeness (QED) is 0.548. The molecule has 0 bridgehead atoms. The first-order chi connectivity index (χ1) is 16.7. The smallest absolute Gasteiger partial charge is 0.475 e. The van der Waals surface area contributed by atoms with Gasteiger partial charge in [-0.1, -0.05) is 6.07 Å². The molecule has 1 unspecified atom stereocenters. The normalized spacial score (nSPS) is 18.6. The molecule has 13 heteroatoms. The Hall–Kier alpha value is -2.22. The summed E-state index contributed by atoms with van der Waals surface area (Å²) in [6.07, 6.45) is -3.20. The Kier molecular flexibility index (Phi) is 10.7. The number of carboxylic acids is 1. The molecule has 1 atom stereocenters. The van der Waals surface area contributed by atoms with E-state index in [0.29, 0.717) is 31.1 Å². The first kappa shape index (κ1) is 30.0. The number of piperazine rings is 1. The number of carboxylic acid groups (broad SMARTS) is 1. The Morgan fingerprint density at radius 2 is 1.72 bits per heavy atom. The second-order valence-corrected chi connectivity index (χ2v) is 10.8. The summed E-state index contributed by atoms with van der Waals surface area (Å²) in [5.41, 5.74) is 2.75. The van der Waals surface area contributed by atoms with Gasteiger partial charge in [-0.2, -0.15) is 17.5 Å². The van der Waals surface area contributed by atoms with Gasteiger partial charge in [0.05, 0.1) is 11.0 Å². The van der Waals surface area contributed by atoms with Crippen LogP contribution < -0.4 is 5.32 Å². The molecule has 2 aliphatic rings. The summed E-state index contributed by atoms with van der Waals surface area (Å²) >= 11 is 0. The van der Waals surface area contributed by atoms with Gasteiger partial charge in [-0.3, -0.25) is 4.79 Å². The summed E-state index contributed by atoms with van der Waals surface area (Å²) in [5, 5.41) is 10.4. The van der Waals surface area contributed by atoms with E-state index >= 15 is 0 Å². The van der Waals surface area contributed by atoms with E-state index in [9.17, 15) is 26.4 Å². The highest BCUT2D eigenvalue weighted by Gasteiger charge is 2.38. The van der Waals surface area contributed by atoms with E-state index in [1.54, 1.807) is 6.07 Å². The maximum Gasteiger partial charge on any atom is 0.490 e. The third kappa shape index (κ3) is 8.43. The predicted octanol–water partition coefficient (Wildman–Crippen LogP) is 2.24. The lowest BCUT2D eigenvalue weighted by molar-refractivity contribution is -0.192. The van der Waals surface area contributed by atoms with Crippen molar-refractivity contribution >= 4 is 21.9 Å². The number of rotatable bonds is 7. The zero-order chi connectivity index (χ0) is 27.1. The minimum absolute atomic E-state index is 0.0100. The fraction of sp³-hybridized carbons (Fsp3) is 0.652. The molecule has 0 aromatic heterocycles. The number of aryl methyl sites for hydroxylation is 3. The number of amides is 1. The lowest BCUT2D eigenvalue weighted by Gasteiger charge is -2.29. The molecule has 2 saturated heterocycles. The van der Waals surface area contributed by atoms with Gasteiger partial charge in [0.2, 0.25) is 15.9 Å². The maximum absolute atomic E-state index is 13.5. The largest absolute Gasteiger partial charge is 0.490 e. The van der Waals surface area contributed by atoms with Crippen molar-refractivity contribution in [1.82, 2.24) is 14.5 Å². The first-order valence-electron chi connectivity index (χ1n) is 11.7. The Morgan fingerprint density at radius 1 is 1.14 bits per heavy atom. The summed E-state index contributed by atoms with van der Waals surface area (Å²) in [7, 11) is -3.71. The molecule has 2 N–H and O–H groups in total. The minimum atomic E-state index is -5.08. The van der Waals surface area contributed by atoms with Gasteiger partial charge < -0.3 is 20.1 Å². The van der Waals surface area contributed by atoms with Crippen LogP contribution in [0.2, 0.25) is 0 Å². The number of benzene rings is 1. The number of nitrogens with zero attached hydrogens (tertiary/aromatic N) is 2. The lowest BCUT2D eigenvalue weighted by Crippen LogP contribution is -2.47. The highest BCUT2D eigenvalue weighted by molar-refractivity contribution is 7.89. The van der Waals surface area contributed by atoms with Crippen molar-refractivity contribution in [2.45, 2.75) is 57.2 Å². The van der Waals surface area contributed by atoms with Gasteiger partial charge in [-0.05, 0) is 56.4 Å². The number of sulfonamides is 1. The van der Waals surface area contributed by atoms with Crippen LogP contribution in [0.1, 0.15) is 36.0 Å². The van der Waals surface area contributed by atoms with Crippen LogP contribution in [0, 0.1) is 20.8 Å². The highest BCUT2D eigenvalue weighted by Crippen LogP contribution is 2.25. The van der Waals surface area contributed by atoms with Crippen molar-refractivity contribution in [3.63, 3.8) is 0 Å². The molecular weight excluding hydrogens is 503 g/mol. The average Bonchev–Trinajstić information content (AvgIpc) is 3.32. The van der Waals surface area contributed by atoms with Crippen LogP contribution in [0.15, 0.2) is 17.0 Å². The lowest BCUT2D eigenvalue weighted by atomic mass is 10.1. The maximum atomic E-state index is 13.5. The van der Waals surface area contributed by atoms with Crippen molar-refractivity contribution in [3.8, 4) is 0 Å². The molecule has 3 rings (SSSR count). The van der Waals surface area contributed by atoms with E-state index in [4.69, 9.17) is 14.6 Å². The molecule has 1 aromatic carbocycles. The van der Waals surface area contributed by atoms with Crippen molar-refractivity contribution < 1.29 is 41.0 Å². The van der Waals surface area contributed by atoms with Crippen molar-refractivity contribution in [2.24, 2.45) is 0 Å². The first-order valence-corrected chi connectivity index (χ1v) is 13.2. The summed E-state index contributed by atoms with van der Waals surface area (Å²) in [6, 6.07) is 3.67. The number of hydrogen-bond acceptors (Lipinski definition) is 6. The molecular formula is C23H34F3N3O6S. The number of halogens is 3. The molecule has 204 valence electrons.